The lowest BCUT2D eigenvalue weighted by atomic mass is 10.2. The third-order valence-electron chi connectivity index (χ3n) is 2.71. The molecule has 0 N–H and O–H groups in total. The van der Waals surface area contributed by atoms with Crippen LogP contribution in [0.3, 0.4) is 0 Å². The van der Waals surface area contributed by atoms with Crippen molar-refractivity contribution in [1.29, 1.82) is 0 Å². The van der Waals surface area contributed by atoms with Gasteiger partial charge in [-0.25, -0.2) is 4.98 Å². The highest BCUT2D eigenvalue weighted by atomic mass is 35.5. The Morgan fingerprint density at radius 1 is 1.37 bits per heavy atom. The summed E-state index contributed by atoms with van der Waals surface area (Å²) in [6.07, 6.45) is 2.55. The number of halogens is 1. The van der Waals surface area contributed by atoms with Gasteiger partial charge in [-0.1, -0.05) is 42.0 Å². The number of nitrogens with zero attached hydrogens (tertiary/aromatic N) is 3. The van der Waals surface area contributed by atoms with Crippen LogP contribution < -0.4 is 10.1 Å². The number of hydrogen-bond acceptors (Lipinski definition) is 4. The lowest BCUT2D eigenvalue weighted by Gasteiger charge is -1.91. The Morgan fingerprint density at radius 3 is 2.74 bits per heavy atom. The van der Waals surface area contributed by atoms with E-state index in [0.717, 1.165) is 12.0 Å². The summed E-state index contributed by atoms with van der Waals surface area (Å²) in [4.78, 5) is 17.1. The van der Waals surface area contributed by atoms with Gasteiger partial charge in [0.2, 0.25) is 4.96 Å². The molecule has 1 aromatic carbocycles. The molecule has 3 aromatic rings. The van der Waals surface area contributed by atoms with E-state index < -0.39 is 0 Å². The molecule has 19 heavy (non-hydrogen) atoms. The second-order valence-corrected chi connectivity index (χ2v) is 5.49. The monoisotopic (exact) mass is 291 g/mol. The summed E-state index contributed by atoms with van der Waals surface area (Å²) < 4.78 is 1.99. The molecule has 3 rings (SSSR count). The Morgan fingerprint density at radius 2 is 2.11 bits per heavy atom. The molecule has 0 unspecified atom stereocenters. The van der Waals surface area contributed by atoms with Gasteiger partial charge < -0.3 is 0 Å². The highest BCUT2D eigenvalue weighted by molar-refractivity contribution is 7.15. The van der Waals surface area contributed by atoms with Crippen LogP contribution in [0.5, 0.6) is 0 Å². The number of thiazole rings is 1. The van der Waals surface area contributed by atoms with Crippen LogP contribution in [0, 0.1) is 0 Å². The lowest BCUT2D eigenvalue weighted by Crippen LogP contribution is -2.23. The molecular weight excluding hydrogens is 282 g/mol. The van der Waals surface area contributed by atoms with Gasteiger partial charge in [0.1, 0.15) is 0 Å². The van der Waals surface area contributed by atoms with Crippen LogP contribution in [0.25, 0.3) is 11.0 Å². The van der Waals surface area contributed by atoms with E-state index in [4.69, 9.17) is 11.6 Å². The summed E-state index contributed by atoms with van der Waals surface area (Å²) >= 11 is 7.18. The van der Waals surface area contributed by atoms with Crippen LogP contribution in [-0.4, -0.2) is 14.6 Å². The van der Waals surface area contributed by atoms with Crippen molar-refractivity contribution in [2.24, 2.45) is 0 Å². The third-order valence-corrected chi connectivity index (χ3v) is 3.92. The number of benzene rings is 1. The fourth-order valence-electron chi connectivity index (χ4n) is 1.73. The summed E-state index contributed by atoms with van der Waals surface area (Å²) in [5.41, 5.74) is 0.809. The first-order chi connectivity index (χ1) is 9.17. The predicted octanol–water partition coefficient (Wildman–Crippen LogP) is 1.91. The molecule has 96 valence electrons. The normalized spacial score (nSPS) is 12.4. The van der Waals surface area contributed by atoms with Gasteiger partial charge in [0.05, 0.1) is 4.53 Å². The van der Waals surface area contributed by atoms with Crippen molar-refractivity contribution in [2.75, 3.05) is 0 Å². The van der Waals surface area contributed by atoms with E-state index in [9.17, 15) is 4.79 Å². The van der Waals surface area contributed by atoms with Crippen molar-refractivity contribution in [1.82, 2.24) is 14.6 Å². The van der Waals surface area contributed by atoms with E-state index in [2.05, 4.69) is 10.1 Å². The molecule has 4 nitrogen and oxygen atoms in total. The highest BCUT2D eigenvalue weighted by Crippen LogP contribution is 2.10. The van der Waals surface area contributed by atoms with Crippen molar-refractivity contribution < 1.29 is 0 Å². The van der Waals surface area contributed by atoms with Crippen LogP contribution in [0.15, 0.2) is 29.1 Å². The summed E-state index contributed by atoms with van der Waals surface area (Å²) in [7, 11) is 0. The maximum Gasteiger partial charge on any atom is 0.291 e. The fourth-order valence-corrected chi connectivity index (χ4v) is 2.79. The Kier molecular flexibility index (Phi) is 3.08. The van der Waals surface area contributed by atoms with Gasteiger partial charge in [0.25, 0.3) is 5.56 Å². The maximum atomic E-state index is 12.1. The molecular formula is C13H10ClN3OS. The Bertz CT molecular complexity index is 835. The number of rotatable bonds is 2. The Hall–Kier alpha value is -1.72. The van der Waals surface area contributed by atoms with E-state index in [1.807, 2.05) is 25.1 Å². The first-order valence-corrected chi connectivity index (χ1v) is 7.02. The van der Waals surface area contributed by atoms with Crippen LogP contribution in [0.1, 0.15) is 18.3 Å². The molecule has 0 aliphatic carbocycles. The molecule has 0 amide bonds. The lowest BCUT2D eigenvalue weighted by molar-refractivity contribution is 0.867. The van der Waals surface area contributed by atoms with E-state index in [1.54, 1.807) is 12.1 Å². The molecule has 0 aliphatic rings. The van der Waals surface area contributed by atoms with Crippen LogP contribution in [-0.2, 0) is 6.42 Å². The number of aryl methyl sites for hydroxylation is 1. The largest absolute Gasteiger partial charge is 0.291 e. The van der Waals surface area contributed by atoms with E-state index in [0.29, 0.717) is 20.3 Å². The van der Waals surface area contributed by atoms with Crippen LogP contribution >= 0.6 is 22.9 Å². The smallest absolute Gasteiger partial charge is 0.266 e. The average molecular weight is 292 g/mol. The van der Waals surface area contributed by atoms with Crippen molar-refractivity contribution in [2.45, 2.75) is 13.3 Å². The second kappa shape index (κ2) is 4.75. The maximum absolute atomic E-state index is 12.1. The van der Waals surface area contributed by atoms with Gasteiger partial charge in [-0.05, 0) is 23.8 Å². The molecule has 0 saturated carbocycles. The quantitative estimate of drug-likeness (QED) is 0.725. The van der Waals surface area contributed by atoms with Gasteiger partial charge in [0, 0.05) is 11.4 Å². The topological polar surface area (TPSA) is 47.3 Å². The van der Waals surface area contributed by atoms with E-state index in [1.165, 1.54) is 15.9 Å². The Labute approximate surface area is 118 Å². The van der Waals surface area contributed by atoms with Gasteiger partial charge in [-0.2, -0.15) is 4.52 Å². The standard InChI is InChI=1S/C13H10ClN3OS/c1-2-11-15-13-17(16-11)12(18)10(19-13)7-8-3-5-9(14)6-4-8/h3-7H,2H2,1H3/b10-7-. The molecule has 0 aliphatic heterocycles. The molecule has 0 bridgehead atoms. The average Bonchev–Trinajstić information content (AvgIpc) is 2.93. The molecule has 0 radical (unpaired) electrons. The first-order valence-electron chi connectivity index (χ1n) is 5.83. The van der Waals surface area contributed by atoms with Gasteiger partial charge >= 0.3 is 0 Å². The van der Waals surface area contributed by atoms with Gasteiger partial charge in [-0.3, -0.25) is 4.79 Å². The molecule has 2 heterocycles. The number of hydrogen-bond donors (Lipinski definition) is 0. The summed E-state index contributed by atoms with van der Waals surface area (Å²) in [5.74, 6) is 0.696. The molecule has 6 heteroatoms. The van der Waals surface area contributed by atoms with E-state index >= 15 is 0 Å². The zero-order valence-corrected chi connectivity index (χ0v) is 11.7. The minimum Gasteiger partial charge on any atom is -0.266 e. The van der Waals surface area contributed by atoms with Crippen LogP contribution in [0.4, 0.5) is 0 Å². The fraction of sp³-hybridized carbons (Fsp3) is 0.154. The Balaban J connectivity index is 2.15. The number of fused-ring (bicyclic) bond motifs is 1. The minimum absolute atomic E-state index is 0.123. The van der Waals surface area contributed by atoms with Crippen molar-refractivity contribution in [3.8, 4) is 0 Å². The molecule has 0 spiro atoms. The minimum atomic E-state index is -0.123. The SMILES string of the molecule is CCc1nc2s/c(=C\c3ccc(Cl)cc3)c(=O)n2n1. The van der Waals surface area contributed by atoms with Gasteiger partial charge in [-0.15, -0.1) is 5.10 Å². The second-order valence-electron chi connectivity index (χ2n) is 4.04. The highest BCUT2D eigenvalue weighted by Gasteiger charge is 2.08. The van der Waals surface area contributed by atoms with Gasteiger partial charge in [0.15, 0.2) is 5.82 Å². The zero-order chi connectivity index (χ0) is 13.4. The molecule has 2 aromatic heterocycles. The first kappa shape index (κ1) is 12.3. The van der Waals surface area contributed by atoms with E-state index in [-0.39, 0.29) is 5.56 Å². The summed E-state index contributed by atoms with van der Waals surface area (Å²) in [5, 5.41) is 4.85. The van der Waals surface area contributed by atoms with Crippen LogP contribution in [0.2, 0.25) is 5.02 Å². The zero-order valence-electron chi connectivity index (χ0n) is 10.1. The summed E-state index contributed by atoms with van der Waals surface area (Å²) in [6.45, 7) is 1.96. The molecule has 0 atom stereocenters. The van der Waals surface area contributed by atoms with Crippen molar-refractivity contribution >= 4 is 34.0 Å². The molecule has 0 fully saturated rings. The molecule has 0 saturated heterocycles. The number of aromatic nitrogens is 3. The van der Waals surface area contributed by atoms with Crippen molar-refractivity contribution in [3.63, 3.8) is 0 Å². The summed E-state index contributed by atoms with van der Waals surface area (Å²) in [6, 6.07) is 7.33. The third kappa shape index (κ3) is 2.27. The predicted molar refractivity (Wildman–Crippen MR) is 76.7 cm³/mol. The van der Waals surface area contributed by atoms with Crippen molar-refractivity contribution in [3.05, 3.63) is 55.6 Å².